The van der Waals surface area contributed by atoms with Crippen molar-refractivity contribution in [3.8, 4) is 0 Å². The summed E-state index contributed by atoms with van der Waals surface area (Å²) >= 11 is 0. The van der Waals surface area contributed by atoms with Crippen molar-refractivity contribution in [3.63, 3.8) is 0 Å². The average molecular weight is 153 g/mol. The largest absolute Gasteiger partial charge is 0.371 e. The predicted octanol–water partition coefficient (Wildman–Crippen LogP) is 2.50. The fourth-order valence-electron chi connectivity index (χ4n) is 1.45. The van der Waals surface area contributed by atoms with Gasteiger partial charge in [0.05, 0.1) is 0 Å². The van der Waals surface area contributed by atoms with Gasteiger partial charge in [-0.25, -0.2) is 0 Å². The minimum Gasteiger partial charge on any atom is -0.371 e. The van der Waals surface area contributed by atoms with Gasteiger partial charge in [-0.1, -0.05) is 20.8 Å². The van der Waals surface area contributed by atoms with Crippen LogP contribution in [0, 0.1) is 11.8 Å². The molecule has 1 rings (SSSR count). The third kappa shape index (κ3) is 1.58. The second-order valence-electron chi connectivity index (χ2n) is 3.70. The first kappa shape index (κ1) is 8.63. The molecule has 1 unspecified atom stereocenters. The Kier molecular flexibility index (Phi) is 2.58. The Morgan fingerprint density at radius 2 is 2.09 bits per heavy atom. The van der Waals surface area contributed by atoms with Crippen molar-refractivity contribution in [2.75, 3.05) is 13.1 Å². The number of allylic oxidation sites excluding steroid dienone is 1. The molecule has 1 heteroatoms. The zero-order valence-electron chi connectivity index (χ0n) is 8.09. The van der Waals surface area contributed by atoms with E-state index in [0.717, 1.165) is 11.8 Å². The number of hydrogen-bond acceptors (Lipinski definition) is 1. The molecule has 0 N–H and O–H groups in total. The van der Waals surface area contributed by atoms with Gasteiger partial charge < -0.3 is 4.90 Å². The van der Waals surface area contributed by atoms with Crippen molar-refractivity contribution in [3.05, 3.63) is 11.8 Å². The van der Waals surface area contributed by atoms with Crippen LogP contribution in [0.2, 0.25) is 0 Å². The summed E-state index contributed by atoms with van der Waals surface area (Å²) in [6.45, 7) is 11.5. The highest BCUT2D eigenvalue weighted by atomic mass is 15.2. The van der Waals surface area contributed by atoms with Crippen molar-refractivity contribution in [2.45, 2.75) is 27.7 Å². The summed E-state index contributed by atoms with van der Waals surface area (Å²) < 4.78 is 0. The zero-order valence-corrected chi connectivity index (χ0v) is 8.09. The molecule has 1 atom stereocenters. The van der Waals surface area contributed by atoms with Crippen LogP contribution in [-0.4, -0.2) is 18.0 Å². The lowest BCUT2D eigenvalue weighted by Crippen LogP contribution is -2.35. The fraction of sp³-hybridized carbons (Fsp3) is 0.800. The van der Waals surface area contributed by atoms with Gasteiger partial charge in [-0.3, -0.25) is 0 Å². The van der Waals surface area contributed by atoms with Gasteiger partial charge in [0.1, 0.15) is 0 Å². The molecule has 0 aromatic heterocycles. The van der Waals surface area contributed by atoms with E-state index in [0.29, 0.717) is 0 Å². The first-order valence-electron chi connectivity index (χ1n) is 4.61. The van der Waals surface area contributed by atoms with Gasteiger partial charge in [0, 0.05) is 18.8 Å². The first-order chi connectivity index (χ1) is 5.16. The Labute approximate surface area is 70.1 Å². The van der Waals surface area contributed by atoms with Gasteiger partial charge >= 0.3 is 0 Å². The Hall–Kier alpha value is -0.460. The normalized spacial score (nSPS) is 19.7. The van der Waals surface area contributed by atoms with Crippen LogP contribution < -0.4 is 0 Å². The lowest BCUT2D eigenvalue weighted by atomic mass is 9.90. The van der Waals surface area contributed by atoms with Crippen LogP contribution in [0.25, 0.3) is 0 Å². The summed E-state index contributed by atoms with van der Waals surface area (Å²) in [6.07, 6.45) is 2.36. The number of rotatable bonds is 3. The van der Waals surface area contributed by atoms with Crippen LogP contribution >= 0.6 is 0 Å². The molecule has 0 amide bonds. The highest BCUT2D eigenvalue weighted by molar-refractivity contribution is 5.16. The van der Waals surface area contributed by atoms with E-state index >= 15 is 0 Å². The SMILES string of the molecule is CCN1CC=C1C(C)C(C)C. The van der Waals surface area contributed by atoms with Crippen molar-refractivity contribution >= 4 is 0 Å². The van der Waals surface area contributed by atoms with Crippen LogP contribution in [-0.2, 0) is 0 Å². The molecule has 1 aliphatic rings. The first-order valence-corrected chi connectivity index (χ1v) is 4.61. The summed E-state index contributed by atoms with van der Waals surface area (Å²) in [4.78, 5) is 2.45. The van der Waals surface area contributed by atoms with Crippen LogP contribution in [0.1, 0.15) is 27.7 Å². The third-order valence-corrected chi connectivity index (χ3v) is 2.73. The topological polar surface area (TPSA) is 3.24 Å². The van der Waals surface area contributed by atoms with Gasteiger partial charge in [0.25, 0.3) is 0 Å². The maximum Gasteiger partial charge on any atom is 0.0376 e. The maximum atomic E-state index is 2.45. The fourth-order valence-corrected chi connectivity index (χ4v) is 1.45. The lowest BCUT2D eigenvalue weighted by molar-refractivity contribution is 0.274. The molecule has 1 aliphatic heterocycles. The van der Waals surface area contributed by atoms with Gasteiger partial charge in [-0.2, -0.15) is 0 Å². The molecule has 0 fully saturated rings. The number of nitrogens with zero attached hydrogens (tertiary/aromatic N) is 1. The molecular formula is C10H19N. The molecule has 1 nitrogen and oxygen atoms in total. The van der Waals surface area contributed by atoms with Gasteiger partial charge in [0.15, 0.2) is 0 Å². The van der Waals surface area contributed by atoms with Gasteiger partial charge in [-0.15, -0.1) is 0 Å². The molecule has 64 valence electrons. The smallest absolute Gasteiger partial charge is 0.0376 e. The van der Waals surface area contributed by atoms with Gasteiger partial charge in [0.2, 0.25) is 0 Å². The van der Waals surface area contributed by atoms with E-state index in [9.17, 15) is 0 Å². The summed E-state index contributed by atoms with van der Waals surface area (Å²) in [5.74, 6) is 1.51. The quantitative estimate of drug-likeness (QED) is 0.602. The van der Waals surface area contributed by atoms with Crippen LogP contribution in [0.3, 0.4) is 0 Å². The molecule has 0 radical (unpaired) electrons. The molecule has 0 saturated heterocycles. The summed E-state index contributed by atoms with van der Waals surface area (Å²) in [7, 11) is 0. The Morgan fingerprint density at radius 3 is 2.36 bits per heavy atom. The second kappa shape index (κ2) is 3.29. The molecular weight excluding hydrogens is 134 g/mol. The number of hydrogen-bond donors (Lipinski definition) is 0. The summed E-state index contributed by atoms with van der Waals surface area (Å²) in [5.41, 5.74) is 1.56. The number of likely N-dealkylation sites (N-methyl/N-ethyl adjacent to an activating group) is 1. The van der Waals surface area contributed by atoms with E-state index in [1.54, 1.807) is 5.70 Å². The van der Waals surface area contributed by atoms with Crippen molar-refractivity contribution in [2.24, 2.45) is 11.8 Å². The minimum absolute atomic E-state index is 0.740. The Morgan fingerprint density at radius 1 is 1.45 bits per heavy atom. The highest BCUT2D eigenvalue weighted by Crippen LogP contribution is 2.27. The molecule has 0 aromatic carbocycles. The van der Waals surface area contributed by atoms with Gasteiger partial charge in [-0.05, 0) is 24.8 Å². The van der Waals surface area contributed by atoms with E-state index in [4.69, 9.17) is 0 Å². The monoisotopic (exact) mass is 153 g/mol. The van der Waals surface area contributed by atoms with Crippen LogP contribution in [0.15, 0.2) is 11.8 Å². The molecule has 0 bridgehead atoms. The Bertz CT molecular complexity index is 158. The summed E-state index contributed by atoms with van der Waals surface area (Å²) in [6, 6.07) is 0. The molecule has 1 heterocycles. The molecule has 0 aromatic rings. The van der Waals surface area contributed by atoms with Crippen molar-refractivity contribution in [1.82, 2.24) is 4.90 Å². The second-order valence-corrected chi connectivity index (χ2v) is 3.70. The summed E-state index contributed by atoms with van der Waals surface area (Å²) in [5, 5.41) is 0. The third-order valence-electron chi connectivity index (χ3n) is 2.73. The predicted molar refractivity (Wildman–Crippen MR) is 49.3 cm³/mol. The van der Waals surface area contributed by atoms with Crippen LogP contribution in [0.4, 0.5) is 0 Å². The standard InChI is InChI=1S/C10H19N/c1-5-11-7-6-10(11)9(4)8(2)3/h6,8-9H,5,7H2,1-4H3. The zero-order chi connectivity index (χ0) is 8.43. The van der Waals surface area contributed by atoms with E-state index in [2.05, 4.69) is 38.7 Å². The molecule has 0 spiro atoms. The Balaban J connectivity index is 2.49. The highest BCUT2D eigenvalue weighted by Gasteiger charge is 2.22. The molecule has 11 heavy (non-hydrogen) atoms. The van der Waals surface area contributed by atoms with Crippen LogP contribution in [0.5, 0.6) is 0 Å². The maximum absolute atomic E-state index is 2.45. The van der Waals surface area contributed by atoms with E-state index in [1.807, 2.05) is 0 Å². The van der Waals surface area contributed by atoms with E-state index < -0.39 is 0 Å². The van der Waals surface area contributed by atoms with Crippen molar-refractivity contribution in [1.29, 1.82) is 0 Å². The molecule has 0 saturated carbocycles. The van der Waals surface area contributed by atoms with E-state index in [-0.39, 0.29) is 0 Å². The van der Waals surface area contributed by atoms with Crippen molar-refractivity contribution < 1.29 is 0 Å². The molecule has 0 aliphatic carbocycles. The lowest BCUT2D eigenvalue weighted by Gasteiger charge is -2.38. The van der Waals surface area contributed by atoms with E-state index in [1.165, 1.54) is 13.1 Å². The minimum atomic E-state index is 0.740. The average Bonchev–Trinajstić information content (AvgIpc) is 1.86.